The summed E-state index contributed by atoms with van der Waals surface area (Å²) in [5.74, 6) is 1.12. The summed E-state index contributed by atoms with van der Waals surface area (Å²) in [6, 6.07) is 6.49. The highest BCUT2D eigenvalue weighted by Gasteiger charge is 2.21. The highest BCUT2D eigenvalue weighted by atomic mass is 16.5. The van der Waals surface area contributed by atoms with Crippen molar-refractivity contribution < 1.29 is 9.53 Å². The molecule has 0 spiro atoms. The van der Waals surface area contributed by atoms with E-state index in [4.69, 9.17) is 4.74 Å². The molecule has 1 N–H and O–H groups in total. The smallest absolute Gasteiger partial charge is 0.222 e. The number of carbonyl (C=O) groups excluding carboxylic acids is 1. The Bertz CT molecular complexity index is 440. The van der Waals surface area contributed by atoms with Gasteiger partial charge in [-0.25, -0.2) is 0 Å². The molecule has 1 aliphatic carbocycles. The molecular formula is C15H21NO2. The van der Waals surface area contributed by atoms with E-state index in [-0.39, 0.29) is 17.9 Å². The van der Waals surface area contributed by atoms with E-state index in [0.29, 0.717) is 0 Å². The quantitative estimate of drug-likeness (QED) is 0.890. The molecule has 1 atom stereocenters. The number of carbonyl (C=O) groups is 1. The van der Waals surface area contributed by atoms with Crippen molar-refractivity contribution in [1.82, 2.24) is 5.32 Å². The van der Waals surface area contributed by atoms with Crippen LogP contribution in [0.5, 0.6) is 5.75 Å². The van der Waals surface area contributed by atoms with Gasteiger partial charge >= 0.3 is 0 Å². The summed E-state index contributed by atoms with van der Waals surface area (Å²) in [7, 11) is 1.69. The van der Waals surface area contributed by atoms with Crippen LogP contribution in [0.3, 0.4) is 0 Å². The molecule has 0 bridgehead atoms. The van der Waals surface area contributed by atoms with Gasteiger partial charge in [0.2, 0.25) is 5.91 Å². The Labute approximate surface area is 109 Å². The molecule has 0 heterocycles. The second kappa shape index (κ2) is 5.42. The van der Waals surface area contributed by atoms with Gasteiger partial charge in [0.1, 0.15) is 5.75 Å². The van der Waals surface area contributed by atoms with Crippen LogP contribution in [-0.4, -0.2) is 19.1 Å². The Kier molecular flexibility index (Phi) is 3.90. The molecule has 18 heavy (non-hydrogen) atoms. The van der Waals surface area contributed by atoms with Crippen molar-refractivity contribution in [3.63, 3.8) is 0 Å². The lowest BCUT2D eigenvalue weighted by Gasteiger charge is -2.26. The number of amides is 1. The van der Waals surface area contributed by atoms with Crippen molar-refractivity contribution in [2.45, 2.75) is 39.2 Å². The van der Waals surface area contributed by atoms with E-state index >= 15 is 0 Å². The Morgan fingerprint density at radius 2 is 2.17 bits per heavy atom. The van der Waals surface area contributed by atoms with Crippen molar-refractivity contribution in [2.24, 2.45) is 5.92 Å². The lowest BCUT2D eigenvalue weighted by atomic mass is 9.88. The van der Waals surface area contributed by atoms with Gasteiger partial charge in [0.15, 0.2) is 0 Å². The molecule has 1 aromatic carbocycles. The molecule has 0 saturated carbocycles. The first-order chi connectivity index (χ1) is 8.60. The van der Waals surface area contributed by atoms with Crippen LogP contribution in [-0.2, 0) is 17.6 Å². The number of ether oxygens (including phenoxy) is 1. The monoisotopic (exact) mass is 247 g/mol. The third-order valence-electron chi connectivity index (χ3n) is 3.51. The van der Waals surface area contributed by atoms with Crippen LogP contribution in [0.25, 0.3) is 0 Å². The number of hydrogen-bond donors (Lipinski definition) is 1. The average molecular weight is 247 g/mol. The maximum absolute atomic E-state index is 11.7. The van der Waals surface area contributed by atoms with E-state index < -0.39 is 0 Å². The zero-order valence-electron chi connectivity index (χ0n) is 11.3. The molecule has 0 aromatic heterocycles. The number of benzene rings is 1. The summed E-state index contributed by atoms with van der Waals surface area (Å²) in [6.45, 7) is 3.86. The minimum absolute atomic E-state index is 0.0577. The van der Waals surface area contributed by atoms with E-state index in [1.165, 1.54) is 11.1 Å². The number of fused-ring (bicyclic) bond motifs is 1. The molecule has 98 valence electrons. The first-order valence-corrected chi connectivity index (χ1v) is 6.56. The minimum atomic E-state index is 0.0577. The first kappa shape index (κ1) is 12.9. The Morgan fingerprint density at radius 3 is 2.83 bits per heavy atom. The second-order valence-electron chi connectivity index (χ2n) is 5.24. The van der Waals surface area contributed by atoms with Crippen molar-refractivity contribution in [1.29, 1.82) is 0 Å². The average Bonchev–Trinajstić information content (AvgIpc) is 2.37. The van der Waals surface area contributed by atoms with Crippen LogP contribution >= 0.6 is 0 Å². The molecule has 0 radical (unpaired) electrons. The fourth-order valence-corrected chi connectivity index (χ4v) is 2.35. The van der Waals surface area contributed by atoms with Gasteiger partial charge in [-0.1, -0.05) is 19.9 Å². The predicted octanol–water partition coefficient (Wildman–Crippen LogP) is 2.32. The fourth-order valence-electron chi connectivity index (χ4n) is 2.35. The van der Waals surface area contributed by atoms with Gasteiger partial charge in [0, 0.05) is 12.0 Å². The molecule has 0 aliphatic heterocycles. The van der Waals surface area contributed by atoms with Crippen LogP contribution in [0.15, 0.2) is 18.2 Å². The molecule has 2 rings (SSSR count). The van der Waals surface area contributed by atoms with Crippen molar-refractivity contribution in [3.05, 3.63) is 29.3 Å². The maximum atomic E-state index is 11.7. The van der Waals surface area contributed by atoms with E-state index in [0.717, 1.165) is 25.0 Å². The van der Waals surface area contributed by atoms with Crippen LogP contribution < -0.4 is 10.1 Å². The zero-order chi connectivity index (χ0) is 13.1. The maximum Gasteiger partial charge on any atom is 0.222 e. The summed E-state index contributed by atoms with van der Waals surface area (Å²) < 4.78 is 5.23. The Hall–Kier alpha value is -1.51. The van der Waals surface area contributed by atoms with E-state index in [1.807, 2.05) is 19.9 Å². The van der Waals surface area contributed by atoms with Gasteiger partial charge in [-0.15, -0.1) is 0 Å². The second-order valence-corrected chi connectivity index (χ2v) is 5.24. The normalized spacial score (nSPS) is 18.3. The van der Waals surface area contributed by atoms with Crippen LogP contribution in [0.4, 0.5) is 0 Å². The van der Waals surface area contributed by atoms with Gasteiger partial charge in [0.25, 0.3) is 0 Å². The molecule has 0 saturated heterocycles. The lowest BCUT2D eigenvalue weighted by molar-refractivity contribution is -0.124. The van der Waals surface area contributed by atoms with Gasteiger partial charge in [-0.05, 0) is 42.5 Å². The number of hydrogen-bond acceptors (Lipinski definition) is 2. The third-order valence-corrected chi connectivity index (χ3v) is 3.51. The van der Waals surface area contributed by atoms with Crippen LogP contribution in [0.1, 0.15) is 31.4 Å². The van der Waals surface area contributed by atoms with Crippen molar-refractivity contribution >= 4 is 5.91 Å². The summed E-state index contributed by atoms with van der Waals surface area (Å²) in [5.41, 5.74) is 2.68. The summed E-state index contributed by atoms with van der Waals surface area (Å²) in [4.78, 5) is 11.7. The number of aryl methyl sites for hydroxylation is 1. The summed E-state index contributed by atoms with van der Waals surface area (Å²) in [6.07, 6.45) is 2.95. The molecule has 3 heteroatoms. The highest BCUT2D eigenvalue weighted by molar-refractivity contribution is 5.78. The molecule has 0 fully saturated rings. The number of rotatable bonds is 3. The molecule has 1 unspecified atom stereocenters. The minimum Gasteiger partial charge on any atom is -0.497 e. The van der Waals surface area contributed by atoms with E-state index in [9.17, 15) is 4.79 Å². The van der Waals surface area contributed by atoms with Crippen molar-refractivity contribution in [2.75, 3.05) is 7.11 Å². The fraction of sp³-hybridized carbons (Fsp3) is 0.533. The number of nitrogens with one attached hydrogen (secondary N) is 1. The largest absolute Gasteiger partial charge is 0.497 e. The SMILES string of the molecule is COc1ccc2c(c1)CCC(NC(=O)C(C)C)C2. The summed E-state index contributed by atoms with van der Waals surface area (Å²) >= 11 is 0. The molecule has 1 aliphatic rings. The number of methoxy groups -OCH3 is 1. The topological polar surface area (TPSA) is 38.3 Å². The van der Waals surface area contributed by atoms with Gasteiger partial charge in [-0.2, -0.15) is 0 Å². The standard InChI is InChI=1S/C15H21NO2/c1-10(2)15(17)16-13-6-4-12-9-14(18-3)7-5-11(12)8-13/h5,7,9-10,13H,4,6,8H2,1-3H3,(H,16,17). The van der Waals surface area contributed by atoms with Gasteiger partial charge < -0.3 is 10.1 Å². The van der Waals surface area contributed by atoms with Gasteiger partial charge in [-0.3, -0.25) is 4.79 Å². The Morgan fingerprint density at radius 1 is 1.39 bits per heavy atom. The Balaban J connectivity index is 2.04. The molecule has 1 aromatic rings. The zero-order valence-corrected chi connectivity index (χ0v) is 11.3. The predicted molar refractivity (Wildman–Crippen MR) is 71.8 cm³/mol. The molecule has 3 nitrogen and oxygen atoms in total. The third kappa shape index (κ3) is 2.84. The van der Waals surface area contributed by atoms with Crippen LogP contribution in [0, 0.1) is 5.92 Å². The lowest BCUT2D eigenvalue weighted by Crippen LogP contribution is -2.40. The van der Waals surface area contributed by atoms with Gasteiger partial charge in [0.05, 0.1) is 7.11 Å². The van der Waals surface area contributed by atoms with Crippen molar-refractivity contribution in [3.8, 4) is 5.75 Å². The summed E-state index contributed by atoms with van der Waals surface area (Å²) in [5, 5.41) is 3.12. The molecule has 1 amide bonds. The first-order valence-electron chi connectivity index (χ1n) is 6.56. The van der Waals surface area contributed by atoms with E-state index in [1.54, 1.807) is 7.11 Å². The molecular weight excluding hydrogens is 226 g/mol. The highest BCUT2D eigenvalue weighted by Crippen LogP contribution is 2.25. The van der Waals surface area contributed by atoms with E-state index in [2.05, 4.69) is 17.4 Å². The van der Waals surface area contributed by atoms with Crippen LogP contribution in [0.2, 0.25) is 0 Å².